The molecule has 0 saturated heterocycles. The van der Waals surface area contributed by atoms with Crippen LogP contribution in [-0.4, -0.2) is 27.1 Å². The van der Waals surface area contributed by atoms with Gasteiger partial charge >= 0.3 is 6.18 Å². The van der Waals surface area contributed by atoms with E-state index in [1.165, 1.54) is 12.1 Å². The molecule has 3 rings (SSSR count). The molecule has 0 aliphatic carbocycles. The summed E-state index contributed by atoms with van der Waals surface area (Å²) in [4.78, 5) is 16.5. The molecule has 0 aliphatic heterocycles. The summed E-state index contributed by atoms with van der Waals surface area (Å²) in [6, 6.07) is 7.91. The summed E-state index contributed by atoms with van der Waals surface area (Å²) in [5.74, 6) is 0.00464. The molecule has 130 valence electrons. The van der Waals surface area contributed by atoms with Crippen LogP contribution in [0.4, 0.5) is 19.0 Å². The van der Waals surface area contributed by atoms with Crippen LogP contribution >= 0.6 is 0 Å². The van der Waals surface area contributed by atoms with Crippen molar-refractivity contribution in [2.24, 2.45) is 7.05 Å². The van der Waals surface area contributed by atoms with E-state index in [1.807, 2.05) is 13.0 Å². The number of anilines is 1. The molecule has 5 nitrogen and oxygen atoms in total. The Bertz CT molecular complexity index is 947. The monoisotopic (exact) mass is 348 g/mol. The van der Waals surface area contributed by atoms with Crippen LogP contribution in [0, 0.1) is 6.92 Å². The van der Waals surface area contributed by atoms with Crippen molar-refractivity contribution in [3.63, 3.8) is 0 Å². The third kappa shape index (κ3) is 3.47. The zero-order valence-corrected chi connectivity index (χ0v) is 13.6. The van der Waals surface area contributed by atoms with E-state index in [9.17, 15) is 18.0 Å². The van der Waals surface area contributed by atoms with E-state index in [0.717, 1.165) is 23.2 Å². The number of fused-ring (bicyclic) bond motifs is 1. The molecule has 1 aromatic carbocycles. The Labute approximate surface area is 141 Å². The van der Waals surface area contributed by atoms with E-state index in [1.54, 1.807) is 17.8 Å². The molecule has 0 saturated carbocycles. The summed E-state index contributed by atoms with van der Waals surface area (Å²) in [5, 5.41) is 8.01. The average molecular weight is 348 g/mol. The van der Waals surface area contributed by atoms with Crippen molar-refractivity contribution in [2.45, 2.75) is 13.1 Å². The second-order valence-corrected chi connectivity index (χ2v) is 5.63. The summed E-state index contributed by atoms with van der Waals surface area (Å²) in [7, 11) is 1.76. The van der Waals surface area contributed by atoms with E-state index in [-0.39, 0.29) is 12.1 Å². The van der Waals surface area contributed by atoms with Crippen molar-refractivity contribution in [1.29, 1.82) is 0 Å². The fourth-order valence-corrected chi connectivity index (χ4v) is 2.54. The number of halogens is 3. The normalized spacial score (nSPS) is 11.7. The lowest BCUT2D eigenvalue weighted by Crippen LogP contribution is -2.16. The Morgan fingerprint density at radius 1 is 1.24 bits per heavy atom. The Kier molecular flexibility index (Phi) is 4.20. The molecule has 0 spiro atoms. The Balaban J connectivity index is 1.75. The number of rotatable bonds is 4. The van der Waals surface area contributed by atoms with Gasteiger partial charge in [-0.1, -0.05) is 12.1 Å². The summed E-state index contributed by atoms with van der Waals surface area (Å²) in [6.07, 6.45) is -4.48. The van der Waals surface area contributed by atoms with Crippen molar-refractivity contribution in [2.75, 3.05) is 11.9 Å². The first-order valence-corrected chi connectivity index (χ1v) is 7.50. The largest absolute Gasteiger partial charge is 0.416 e. The molecule has 25 heavy (non-hydrogen) atoms. The number of pyridine rings is 1. The molecular weight excluding hydrogens is 333 g/mol. The highest BCUT2D eigenvalue weighted by Crippen LogP contribution is 2.29. The molecule has 3 aromatic rings. The molecule has 0 bridgehead atoms. The quantitative estimate of drug-likeness (QED) is 0.732. The SMILES string of the molecule is Cc1nn(C)c2nc(NCC(=O)c3cccc(C(F)(F)F)c3)ccc12. The average Bonchev–Trinajstić information content (AvgIpc) is 2.86. The number of nitrogens with one attached hydrogen (secondary N) is 1. The minimum atomic E-state index is -4.48. The fraction of sp³-hybridized carbons (Fsp3) is 0.235. The van der Waals surface area contributed by atoms with Crippen LogP contribution in [0.25, 0.3) is 11.0 Å². The molecule has 0 unspecified atom stereocenters. The number of alkyl halides is 3. The standard InChI is InChI=1S/C17H15F3N4O/c1-10-13-6-7-15(22-16(13)24(2)23-10)21-9-14(25)11-4-3-5-12(8-11)17(18,19)20/h3-8H,9H2,1-2H3,(H,21,22). The minimum absolute atomic E-state index is 0.000203. The van der Waals surface area contributed by atoms with Gasteiger partial charge in [-0.15, -0.1) is 0 Å². The second-order valence-electron chi connectivity index (χ2n) is 5.63. The third-order valence-electron chi connectivity index (χ3n) is 3.81. The summed E-state index contributed by atoms with van der Waals surface area (Å²) < 4.78 is 39.8. The number of carbonyl (C=O) groups excluding carboxylic acids is 1. The Morgan fingerprint density at radius 3 is 2.72 bits per heavy atom. The van der Waals surface area contributed by atoms with Crippen LogP contribution in [0.1, 0.15) is 21.6 Å². The maximum absolute atomic E-state index is 12.7. The molecule has 0 aliphatic rings. The van der Waals surface area contributed by atoms with Crippen molar-refractivity contribution in [3.05, 3.63) is 53.2 Å². The van der Waals surface area contributed by atoms with Crippen LogP contribution in [0.15, 0.2) is 36.4 Å². The highest BCUT2D eigenvalue weighted by Gasteiger charge is 2.30. The van der Waals surface area contributed by atoms with Gasteiger partial charge in [0.2, 0.25) is 0 Å². The minimum Gasteiger partial charge on any atom is -0.363 e. The van der Waals surface area contributed by atoms with Crippen LogP contribution < -0.4 is 5.32 Å². The lowest BCUT2D eigenvalue weighted by Gasteiger charge is -2.09. The zero-order valence-electron chi connectivity index (χ0n) is 13.6. The summed E-state index contributed by atoms with van der Waals surface area (Å²) in [6.45, 7) is 1.71. The number of hydrogen-bond donors (Lipinski definition) is 1. The van der Waals surface area contributed by atoms with Crippen LogP contribution in [0.3, 0.4) is 0 Å². The number of benzene rings is 1. The number of aryl methyl sites for hydroxylation is 2. The number of ketones is 1. The molecule has 2 heterocycles. The predicted molar refractivity (Wildman–Crippen MR) is 87.5 cm³/mol. The van der Waals surface area contributed by atoms with Gasteiger partial charge < -0.3 is 5.32 Å². The van der Waals surface area contributed by atoms with Gasteiger partial charge in [-0.05, 0) is 31.2 Å². The molecule has 8 heteroatoms. The zero-order chi connectivity index (χ0) is 18.2. The first-order chi connectivity index (χ1) is 11.8. The van der Waals surface area contributed by atoms with E-state index in [4.69, 9.17) is 0 Å². The number of aromatic nitrogens is 3. The van der Waals surface area contributed by atoms with Gasteiger partial charge in [0.25, 0.3) is 0 Å². The van der Waals surface area contributed by atoms with Crippen LogP contribution in [-0.2, 0) is 13.2 Å². The second kappa shape index (κ2) is 6.19. The van der Waals surface area contributed by atoms with Gasteiger partial charge in [0.05, 0.1) is 17.8 Å². The molecule has 0 radical (unpaired) electrons. The first-order valence-electron chi connectivity index (χ1n) is 7.50. The lowest BCUT2D eigenvalue weighted by atomic mass is 10.1. The molecule has 2 aromatic heterocycles. The topological polar surface area (TPSA) is 59.8 Å². The van der Waals surface area contributed by atoms with Crippen LogP contribution in [0.2, 0.25) is 0 Å². The van der Waals surface area contributed by atoms with Gasteiger partial charge in [-0.2, -0.15) is 18.3 Å². The number of carbonyl (C=O) groups is 1. The number of hydrogen-bond acceptors (Lipinski definition) is 4. The highest BCUT2D eigenvalue weighted by molar-refractivity contribution is 5.99. The van der Waals surface area contributed by atoms with Crippen molar-refractivity contribution < 1.29 is 18.0 Å². The first kappa shape index (κ1) is 16.9. The summed E-state index contributed by atoms with van der Waals surface area (Å²) in [5.41, 5.74) is 0.661. The molecule has 0 amide bonds. The molecule has 1 N–H and O–H groups in total. The predicted octanol–water partition coefficient (Wildman–Crippen LogP) is 3.59. The highest BCUT2D eigenvalue weighted by atomic mass is 19.4. The van der Waals surface area contributed by atoms with Gasteiger partial charge in [-0.25, -0.2) is 4.98 Å². The maximum Gasteiger partial charge on any atom is 0.416 e. The molecule has 0 atom stereocenters. The Morgan fingerprint density at radius 2 is 2.00 bits per heavy atom. The van der Waals surface area contributed by atoms with E-state index in [0.29, 0.717) is 11.5 Å². The third-order valence-corrected chi connectivity index (χ3v) is 3.81. The van der Waals surface area contributed by atoms with Crippen molar-refractivity contribution >= 4 is 22.6 Å². The van der Waals surface area contributed by atoms with E-state index in [2.05, 4.69) is 15.4 Å². The maximum atomic E-state index is 12.7. The van der Waals surface area contributed by atoms with Gasteiger partial charge in [0.15, 0.2) is 11.4 Å². The van der Waals surface area contributed by atoms with Gasteiger partial charge in [0.1, 0.15) is 5.82 Å². The van der Waals surface area contributed by atoms with E-state index < -0.39 is 17.5 Å². The number of nitrogens with zero attached hydrogens (tertiary/aromatic N) is 3. The Hall–Kier alpha value is -2.90. The van der Waals surface area contributed by atoms with E-state index >= 15 is 0 Å². The van der Waals surface area contributed by atoms with Crippen molar-refractivity contribution in [1.82, 2.24) is 14.8 Å². The molecule has 0 fully saturated rings. The smallest absolute Gasteiger partial charge is 0.363 e. The fourth-order valence-electron chi connectivity index (χ4n) is 2.54. The van der Waals surface area contributed by atoms with Crippen molar-refractivity contribution in [3.8, 4) is 0 Å². The number of Topliss-reactive ketones (excluding diaryl/α,β-unsaturated/α-hetero) is 1. The van der Waals surface area contributed by atoms with Gasteiger partial charge in [0, 0.05) is 18.0 Å². The lowest BCUT2D eigenvalue weighted by molar-refractivity contribution is -0.137. The van der Waals surface area contributed by atoms with Gasteiger partial charge in [-0.3, -0.25) is 9.48 Å². The summed E-state index contributed by atoms with van der Waals surface area (Å²) >= 11 is 0. The van der Waals surface area contributed by atoms with Crippen LogP contribution in [0.5, 0.6) is 0 Å². The molecular formula is C17H15F3N4O.